The van der Waals surface area contributed by atoms with E-state index in [1.165, 1.54) is 0 Å². The minimum Gasteiger partial charge on any atom is -0.444 e. The smallest absolute Gasteiger partial charge is 0.209 e. The highest BCUT2D eigenvalue weighted by atomic mass is 35.5. The lowest BCUT2D eigenvalue weighted by molar-refractivity contribution is 0.182. The molecule has 1 fully saturated rings. The summed E-state index contributed by atoms with van der Waals surface area (Å²) in [5.74, 6) is 0.657. The second-order valence-corrected chi connectivity index (χ2v) is 6.35. The number of hydrogen-bond donors (Lipinski definition) is 0. The van der Waals surface area contributed by atoms with Gasteiger partial charge in [0.25, 0.3) is 0 Å². The minimum absolute atomic E-state index is 0.217. The summed E-state index contributed by atoms with van der Waals surface area (Å²) in [4.78, 5) is 0. The van der Waals surface area contributed by atoms with Gasteiger partial charge in [0.2, 0.25) is 5.16 Å². The minimum atomic E-state index is 0.217. The third-order valence-electron chi connectivity index (χ3n) is 3.71. The highest BCUT2D eigenvalue weighted by Gasteiger charge is 2.23. The molecule has 8 heteroatoms. The quantitative estimate of drug-likeness (QED) is 0.681. The standard InChI is InChI=1S/C14H13ClN4O2S/c15-13-11(10-3-1-2-4-12(10)21-13)8-22-14-16-17-18-19(14)9-5-6-20-7-9/h1-4,9H,5-8H2. The van der Waals surface area contributed by atoms with Crippen LogP contribution in [-0.2, 0) is 10.5 Å². The first-order valence-electron chi connectivity index (χ1n) is 6.97. The molecule has 1 atom stereocenters. The average molecular weight is 337 g/mol. The van der Waals surface area contributed by atoms with Gasteiger partial charge in [0, 0.05) is 23.3 Å². The number of tetrazole rings is 1. The van der Waals surface area contributed by atoms with Crippen molar-refractivity contribution in [3.63, 3.8) is 0 Å². The zero-order chi connectivity index (χ0) is 14.9. The van der Waals surface area contributed by atoms with Crippen LogP contribution >= 0.6 is 23.4 Å². The molecule has 1 aliphatic rings. The molecule has 0 bridgehead atoms. The van der Waals surface area contributed by atoms with E-state index >= 15 is 0 Å². The molecule has 3 aromatic rings. The number of para-hydroxylation sites is 1. The zero-order valence-electron chi connectivity index (χ0n) is 11.6. The van der Waals surface area contributed by atoms with Crippen LogP contribution in [0.25, 0.3) is 11.0 Å². The van der Waals surface area contributed by atoms with Gasteiger partial charge < -0.3 is 9.15 Å². The van der Waals surface area contributed by atoms with Crippen LogP contribution in [0.3, 0.4) is 0 Å². The first-order valence-corrected chi connectivity index (χ1v) is 8.33. The SMILES string of the molecule is Clc1oc2ccccc2c1CSc1nnnn1C1CCOC1. The molecule has 0 saturated carbocycles. The van der Waals surface area contributed by atoms with Gasteiger partial charge in [-0.2, -0.15) is 0 Å². The van der Waals surface area contributed by atoms with Gasteiger partial charge >= 0.3 is 0 Å². The highest BCUT2D eigenvalue weighted by molar-refractivity contribution is 7.98. The van der Waals surface area contributed by atoms with Crippen molar-refractivity contribution in [3.8, 4) is 0 Å². The Hall–Kier alpha value is -1.57. The largest absolute Gasteiger partial charge is 0.444 e. The molecule has 1 saturated heterocycles. The van der Waals surface area contributed by atoms with Crippen molar-refractivity contribution < 1.29 is 9.15 Å². The predicted molar refractivity (Wildman–Crippen MR) is 83.1 cm³/mol. The maximum Gasteiger partial charge on any atom is 0.209 e. The van der Waals surface area contributed by atoms with Crippen molar-refractivity contribution >= 4 is 34.3 Å². The molecule has 1 aromatic carbocycles. The lowest BCUT2D eigenvalue weighted by Gasteiger charge is -2.09. The number of aromatic nitrogens is 4. The molecule has 0 spiro atoms. The van der Waals surface area contributed by atoms with E-state index in [1.54, 1.807) is 11.8 Å². The molecular formula is C14H13ClN4O2S. The van der Waals surface area contributed by atoms with Crippen molar-refractivity contribution in [3.05, 3.63) is 35.0 Å². The first-order chi connectivity index (χ1) is 10.8. The molecule has 2 aromatic heterocycles. The molecule has 22 heavy (non-hydrogen) atoms. The fraction of sp³-hybridized carbons (Fsp3) is 0.357. The van der Waals surface area contributed by atoms with Crippen molar-refractivity contribution in [2.75, 3.05) is 13.2 Å². The van der Waals surface area contributed by atoms with Gasteiger partial charge in [-0.1, -0.05) is 30.0 Å². The Labute approximate surface area is 135 Å². The Morgan fingerprint density at radius 2 is 2.27 bits per heavy atom. The van der Waals surface area contributed by atoms with E-state index in [-0.39, 0.29) is 6.04 Å². The van der Waals surface area contributed by atoms with Crippen LogP contribution in [0.1, 0.15) is 18.0 Å². The summed E-state index contributed by atoms with van der Waals surface area (Å²) in [6.07, 6.45) is 0.938. The number of halogens is 1. The maximum absolute atomic E-state index is 6.22. The van der Waals surface area contributed by atoms with Crippen LogP contribution in [0.15, 0.2) is 33.8 Å². The molecular weight excluding hydrogens is 324 g/mol. The van der Waals surface area contributed by atoms with E-state index < -0.39 is 0 Å². The zero-order valence-corrected chi connectivity index (χ0v) is 13.2. The number of nitrogens with zero attached hydrogens (tertiary/aromatic N) is 4. The third kappa shape index (κ3) is 2.49. The van der Waals surface area contributed by atoms with E-state index in [0.29, 0.717) is 17.6 Å². The number of thioether (sulfide) groups is 1. The molecule has 0 N–H and O–H groups in total. The van der Waals surface area contributed by atoms with Gasteiger partial charge in [0.15, 0.2) is 5.22 Å². The average Bonchev–Trinajstić information content (AvgIpc) is 3.24. The van der Waals surface area contributed by atoms with Crippen LogP contribution < -0.4 is 0 Å². The van der Waals surface area contributed by atoms with Crippen molar-refractivity contribution in [2.24, 2.45) is 0 Å². The van der Waals surface area contributed by atoms with E-state index in [4.69, 9.17) is 20.8 Å². The van der Waals surface area contributed by atoms with Crippen molar-refractivity contribution in [1.82, 2.24) is 20.2 Å². The molecule has 1 unspecified atom stereocenters. The predicted octanol–water partition coefficient (Wildman–Crippen LogP) is 3.33. The molecule has 1 aliphatic heterocycles. The topological polar surface area (TPSA) is 66.0 Å². The summed E-state index contributed by atoms with van der Waals surface area (Å²) in [6.45, 7) is 1.42. The number of benzene rings is 1. The Morgan fingerprint density at radius 3 is 3.14 bits per heavy atom. The molecule has 0 radical (unpaired) electrons. The molecule has 4 rings (SSSR count). The summed E-state index contributed by atoms with van der Waals surface area (Å²) in [5.41, 5.74) is 1.77. The van der Waals surface area contributed by atoms with Crippen LogP contribution in [0.2, 0.25) is 5.22 Å². The number of fused-ring (bicyclic) bond motifs is 1. The lowest BCUT2D eigenvalue weighted by Crippen LogP contribution is -2.11. The number of furan rings is 1. The fourth-order valence-corrected chi connectivity index (χ4v) is 3.87. The number of hydrogen-bond acceptors (Lipinski definition) is 6. The second-order valence-electron chi connectivity index (χ2n) is 5.06. The normalized spacial score (nSPS) is 18.3. The Balaban J connectivity index is 1.57. The molecule has 6 nitrogen and oxygen atoms in total. The van der Waals surface area contributed by atoms with E-state index in [9.17, 15) is 0 Å². The van der Waals surface area contributed by atoms with Crippen LogP contribution in [-0.4, -0.2) is 33.4 Å². The van der Waals surface area contributed by atoms with E-state index in [1.807, 2.05) is 28.9 Å². The molecule has 3 heterocycles. The third-order valence-corrected chi connectivity index (χ3v) is 4.97. The summed E-state index contributed by atoms with van der Waals surface area (Å²) >= 11 is 7.77. The second kappa shape index (κ2) is 5.91. The van der Waals surface area contributed by atoms with Gasteiger partial charge in [-0.15, -0.1) is 5.10 Å². The Morgan fingerprint density at radius 1 is 1.36 bits per heavy atom. The Kier molecular flexibility index (Phi) is 3.77. The van der Waals surface area contributed by atoms with Gasteiger partial charge in [0.05, 0.1) is 12.6 Å². The van der Waals surface area contributed by atoms with Crippen LogP contribution in [0.5, 0.6) is 0 Å². The molecule has 0 amide bonds. The van der Waals surface area contributed by atoms with Gasteiger partial charge in [-0.25, -0.2) is 4.68 Å². The molecule has 0 aliphatic carbocycles. The Bertz CT molecular complexity index is 797. The van der Waals surface area contributed by atoms with Crippen LogP contribution in [0.4, 0.5) is 0 Å². The monoisotopic (exact) mass is 336 g/mol. The summed E-state index contributed by atoms with van der Waals surface area (Å²) in [6, 6.07) is 8.04. The summed E-state index contributed by atoms with van der Waals surface area (Å²) < 4.78 is 12.8. The first kappa shape index (κ1) is 14.0. The lowest BCUT2D eigenvalue weighted by atomic mass is 10.2. The van der Waals surface area contributed by atoms with Crippen molar-refractivity contribution in [2.45, 2.75) is 23.4 Å². The fourth-order valence-electron chi connectivity index (χ4n) is 2.56. The van der Waals surface area contributed by atoms with E-state index in [0.717, 1.165) is 34.7 Å². The summed E-state index contributed by atoms with van der Waals surface area (Å²) in [5, 5.41) is 14.2. The number of rotatable bonds is 4. The van der Waals surface area contributed by atoms with Gasteiger partial charge in [-0.3, -0.25) is 0 Å². The summed E-state index contributed by atoms with van der Waals surface area (Å²) in [7, 11) is 0. The van der Waals surface area contributed by atoms with Gasteiger partial charge in [0.1, 0.15) is 5.58 Å². The van der Waals surface area contributed by atoms with Gasteiger partial charge in [-0.05, 0) is 34.5 Å². The molecule has 114 valence electrons. The van der Waals surface area contributed by atoms with E-state index in [2.05, 4.69) is 15.5 Å². The number of ether oxygens (including phenoxy) is 1. The van der Waals surface area contributed by atoms with Crippen LogP contribution in [0, 0.1) is 0 Å². The van der Waals surface area contributed by atoms with Crippen molar-refractivity contribution in [1.29, 1.82) is 0 Å². The maximum atomic E-state index is 6.22. The highest BCUT2D eigenvalue weighted by Crippen LogP contribution is 2.34.